The minimum Gasteiger partial charge on any atom is -0.496 e. The molecule has 0 aliphatic carbocycles. The van der Waals surface area contributed by atoms with Gasteiger partial charge in [0.15, 0.2) is 9.84 Å². The number of rotatable bonds is 6. The molecule has 1 aliphatic rings. The van der Waals surface area contributed by atoms with Crippen LogP contribution in [0.2, 0.25) is 0 Å². The van der Waals surface area contributed by atoms with Crippen molar-refractivity contribution in [3.63, 3.8) is 0 Å². The highest BCUT2D eigenvalue weighted by molar-refractivity contribution is 7.91. The van der Waals surface area contributed by atoms with E-state index in [1.165, 1.54) is 6.20 Å². The quantitative estimate of drug-likeness (QED) is 0.796. The van der Waals surface area contributed by atoms with E-state index in [2.05, 4.69) is 15.6 Å². The maximum absolute atomic E-state index is 12.4. The number of nitrogens with zero attached hydrogens (tertiary/aromatic N) is 1. The van der Waals surface area contributed by atoms with Gasteiger partial charge in [0.2, 0.25) is 0 Å². The lowest BCUT2D eigenvalue weighted by atomic mass is 10.2. The Bertz CT molecular complexity index is 899. The molecule has 1 saturated heterocycles. The van der Waals surface area contributed by atoms with E-state index in [1.54, 1.807) is 19.4 Å². The van der Waals surface area contributed by atoms with Gasteiger partial charge < -0.3 is 15.4 Å². The van der Waals surface area contributed by atoms with Gasteiger partial charge >= 0.3 is 0 Å². The van der Waals surface area contributed by atoms with Crippen molar-refractivity contribution in [2.24, 2.45) is 0 Å². The first-order valence-electron chi connectivity index (χ1n) is 8.29. The van der Waals surface area contributed by atoms with Crippen LogP contribution in [0.5, 0.6) is 5.75 Å². The van der Waals surface area contributed by atoms with E-state index < -0.39 is 9.84 Å². The number of nitrogens with one attached hydrogen (secondary N) is 2. The first kappa shape index (κ1) is 18.2. The van der Waals surface area contributed by atoms with Crippen molar-refractivity contribution in [2.75, 3.05) is 23.9 Å². The van der Waals surface area contributed by atoms with Crippen LogP contribution in [-0.4, -0.2) is 44.0 Å². The zero-order valence-corrected chi connectivity index (χ0v) is 15.3. The summed E-state index contributed by atoms with van der Waals surface area (Å²) in [6.07, 6.45) is 3.63. The van der Waals surface area contributed by atoms with Crippen LogP contribution < -0.4 is 15.4 Å². The molecule has 1 aromatic carbocycles. The Morgan fingerprint density at radius 1 is 1.31 bits per heavy atom. The summed E-state index contributed by atoms with van der Waals surface area (Å²) in [5, 5.41) is 5.98. The summed E-state index contributed by atoms with van der Waals surface area (Å²) in [6.45, 7) is 0.335. The van der Waals surface area contributed by atoms with Crippen molar-refractivity contribution in [3.8, 4) is 5.75 Å². The van der Waals surface area contributed by atoms with E-state index in [1.807, 2.05) is 24.3 Å². The van der Waals surface area contributed by atoms with Gasteiger partial charge in [-0.2, -0.15) is 0 Å². The van der Waals surface area contributed by atoms with Crippen LogP contribution in [0.4, 0.5) is 5.69 Å². The zero-order valence-electron chi connectivity index (χ0n) is 14.4. The number of hydrogen-bond donors (Lipinski definition) is 2. The molecule has 1 amide bonds. The fourth-order valence-corrected chi connectivity index (χ4v) is 4.59. The molecule has 1 atom stereocenters. The fourth-order valence-electron chi connectivity index (χ4n) is 2.91. The summed E-state index contributed by atoms with van der Waals surface area (Å²) in [4.78, 5) is 16.5. The number of methoxy groups -OCH3 is 1. The number of para-hydroxylation sites is 1. The number of pyridine rings is 1. The highest BCUT2D eigenvalue weighted by atomic mass is 32.2. The van der Waals surface area contributed by atoms with Crippen molar-refractivity contribution in [1.82, 2.24) is 10.3 Å². The van der Waals surface area contributed by atoms with Crippen molar-refractivity contribution in [1.29, 1.82) is 0 Å². The van der Waals surface area contributed by atoms with Crippen molar-refractivity contribution < 1.29 is 17.9 Å². The molecule has 0 saturated carbocycles. The number of benzene rings is 1. The molecule has 2 aromatic rings. The molecule has 2 N–H and O–H groups in total. The number of anilines is 1. The Balaban J connectivity index is 1.63. The lowest BCUT2D eigenvalue weighted by Crippen LogP contribution is -2.24. The lowest BCUT2D eigenvalue weighted by Gasteiger charge is -2.13. The van der Waals surface area contributed by atoms with Gasteiger partial charge in [-0.15, -0.1) is 0 Å². The smallest absolute Gasteiger partial charge is 0.253 e. The number of sulfone groups is 1. The van der Waals surface area contributed by atoms with E-state index in [0.717, 1.165) is 5.56 Å². The van der Waals surface area contributed by atoms with Gasteiger partial charge in [0.25, 0.3) is 5.91 Å². The molecule has 0 radical (unpaired) electrons. The van der Waals surface area contributed by atoms with Crippen molar-refractivity contribution in [3.05, 3.63) is 53.9 Å². The maximum atomic E-state index is 12.4. The second kappa shape index (κ2) is 7.74. The highest BCUT2D eigenvalue weighted by Gasteiger charge is 2.27. The van der Waals surface area contributed by atoms with Gasteiger partial charge in [-0.05, 0) is 18.6 Å². The maximum Gasteiger partial charge on any atom is 0.253 e. The molecule has 1 fully saturated rings. The summed E-state index contributed by atoms with van der Waals surface area (Å²) >= 11 is 0. The minimum absolute atomic E-state index is 0.108. The normalized spacial score (nSPS) is 18.3. The number of amides is 1. The second-order valence-electron chi connectivity index (χ2n) is 6.20. The third kappa shape index (κ3) is 4.51. The monoisotopic (exact) mass is 375 g/mol. The number of carbonyl (C=O) groups excluding carboxylic acids is 1. The molecule has 1 aliphatic heterocycles. The van der Waals surface area contributed by atoms with Crippen LogP contribution in [0.1, 0.15) is 22.3 Å². The number of carbonyl (C=O) groups is 1. The summed E-state index contributed by atoms with van der Waals surface area (Å²) in [5.74, 6) is 0.754. The second-order valence-corrected chi connectivity index (χ2v) is 8.43. The Morgan fingerprint density at radius 2 is 2.12 bits per heavy atom. The standard InChI is InChI=1S/C18H21N3O4S/c1-25-17-5-3-2-4-13(17)10-20-18(22)14-8-16(11-19-9-14)21-15-6-7-26(23,24)12-15/h2-5,8-9,11,15,21H,6-7,10,12H2,1H3,(H,20,22). The molecule has 1 aromatic heterocycles. The molecule has 7 nitrogen and oxygen atoms in total. The Kier molecular flexibility index (Phi) is 5.41. The molecule has 8 heteroatoms. The third-order valence-corrected chi connectivity index (χ3v) is 6.00. The summed E-state index contributed by atoms with van der Waals surface area (Å²) in [7, 11) is -1.38. The van der Waals surface area contributed by atoms with Gasteiger partial charge in [-0.25, -0.2) is 8.42 Å². The van der Waals surface area contributed by atoms with Crippen LogP contribution in [0, 0.1) is 0 Å². The van der Waals surface area contributed by atoms with Gasteiger partial charge in [-0.1, -0.05) is 18.2 Å². The SMILES string of the molecule is COc1ccccc1CNC(=O)c1cncc(NC2CCS(=O)(=O)C2)c1. The molecule has 0 bridgehead atoms. The molecular weight excluding hydrogens is 354 g/mol. The molecule has 26 heavy (non-hydrogen) atoms. The van der Waals surface area contributed by atoms with E-state index >= 15 is 0 Å². The fraction of sp³-hybridized carbons (Fsp3) is 0.333. The van der Waals surface area contributed by atoms with E-state index in [-0.39, 0.29) is 23.5 Å². The van der Waals surface area contributed by atoms with Crippen LogP contribution in [0.15, 0.2) is 42.7 Å². The average Bonchev–Trinajstić information content (AvgIpc) is 2.98. The van der Waals surface area contributed by atoms with Crippen molar-refractivity contribution in [2.45, 2.75) is 19.0 Å². The third-order valence-electron chi connectivity index (χ3n) is 4.24. The topological polar surface area (TPSA) is 97.4 Å². The van der Waals surface area contributed by atoms with Gasteiger partial charge in [0.1, 0.15) is 5.75 Å². The summed E-state index contributed by atoms with van der Waals surface area (Å²) in [6, 6.07) is 9.00. The van der Waals surface area contributed by atoms with Crippen LogP contribution in [0.3, 0.4) is 0 Å². The van der Waals surface area contributed by atoms with Gasteiger partial charge in [0.05, 0.1) is 29.9 Å². The highest BCUT2D eigenvalue weighted by Crippen LogP contribution is 2.19. The molecule has 2 heterocycles. The Labute approximate surface area is 152 Å². The minimum atomic E-state index is -2.96. The van der Waals surface area contributed by atoms with Crippen LogP contribution in [-0.2, 0) is 16.4 Å². The molecular formula is C18H21N3O4S. The Hall–Kier alpha value is -2.61. The lowest BCUT2D eigenvalue weighted by molar-refractivity contribution is 0.0950. The number of hydrogen-bond acceptors (Lipinski definition) is 6. The number of aromatic nitrogens is 1. The predicted molar refractivity (Wildman–Crippen MR) is 99.1 cm³/mol. The van der Waals surface area contributed by atoms with Gasteiger partial charge in [-0.3, -0.25) is 9.78 Å². The largest absolute Gasteiger partial charge is 0.496 e. The van der Waals surface area contributed by atoms with Crippen LogP contribution >= 0.6 is 0 Å². The number of ether oxygens (including phenoxy) is 1. The molecule has 138 valence electrons. The van der Waals surface area contributed by atoms with Crippen molar-refractivity contribution >= 4 is 21.4 Å². The first-order chi connectivity index (χ1) is 12.5. The first-order valence-corrected chi connectivity index (χ1v) is 10.1. The average molecular weight is 375 g/mol. The molecule has 1 unspecified atom stereocenters. The Morgan fingerprint density at radius 3 is 2.85 bits per heavy atom. The molecule has 3 rings (SSSR count). The van der Waals surface area contributed by atoms with E-state index in [4.69, 9.17) is 4.74 Å². The zero-order chi connectivity index (χ0) is 18.6. The van der Waals surface area contributed by atoms with Gasteiger partial charge in [0, 0.05) is 30.5 Å². The van der Waals surface area contributed by atoms with E-state index in [0.29, 0.717) is 30.0 Å². The predicted octanol–water partition coefficient (Wildman–Crippen LogP) is 1.62. The van der Waals surface area contributed by atoms with Crippen LogP contribution in [0.25, 0.3) is 0 Å². The summed E-state index contributed by atoms with van der Waals surface area (Å²) in [5.41, 5.74) is 1.92. The summed E-state index contributed by atoms with van der Waals surface area (Å²) < 4.78 is 28.4. The molecule has 0 spiro atoms. The van der Waals surface area contributed by atoms with E-state index in [9.17, 15) is 13.2 Å².